The number of halogens is 1. The molecule has 0 spiro atoms. The molecule has 2 rings (SSSR count). The summed E-state index contributed by atoms with van der Waals surface area (Å²) in [5, 5.41) is 12.4. The normalized spacial score (nSPS) is 11.7. The molecule has 0 radical (unpaired) electrons. The molecule has 4 nitrogen and oxygen atoms in total. The third-order valence-electron chi connectivity index (χ3n) is 2.75. The molecule has 0 fully saturated rings. The molecule has 1 amide bonds. The molecule has 0 saturated heterocycles. The Morgan fingerprint density at radius 2 is 2.19 bits per heavy atom. The smallest absolute Gasteiger partial charge is 0.273 e. The topological polar surface area (TPSA) is 53.4 Å². The zero-order valence-electron chi connectivity index (χ0n) is 12.1. The predicted molar refractivity (Wildman–Crippen MR) is 88.3 cm³/mol. The van der Waals surface area contributed by atoms with E-state index in [-0.39, 0.29) is 12.5 Å². The second kappa shape index (κ2) is 6.44. The number of hydrogen-bond acceptors (Lipinski definition) is 5. The molecule has 114 valence electrons. The first-order valence-corrected chi connectivity index (χ1v) is 8.60. The minimum absolute atomic E-state index is 0.162. The summed E-state index contributed by atoms with van der Waals surface area (Å²) in [7, 11) is 0. The second-order valence-corrected chi connectivity index (χ2v) is 7.85. The summed E-state index contributed by atoms with van der Waals surface area (Å²) in [4.78, 5) is 19.4. The molecule has 0 aliphatic heterocycles. The van der Waals surface area contributed by atoms with Crippen LogP contribution in [0.5, 0.6) is 0 Å². The number of aromatic nitrogens is 1. The molecule has 0 saturated carbocycles. The Morgan fingerprint density at radius 3 is 2.71 bits per heavy atom. The van der Waals surface area contributed by atoms with E-state index >= 15 is 0 Å². The fraction of sp³-hybridized carbons (Fsp3) is 0.429. The fourth-order valence-corrected chi connectivity index (χ4v) is 3.78. The highest BCUT2D eigenvalue weighted by Crippen LogP contribution is 2.33. The first-order valence-electron chi connectivity index (χ1n) is 6.53. The molecule has 1 N–H and O–H groups in total. The number of thiophene rings is 1. The van der Waals surface area contributed by atoms with Crippen LogP contribution in [0.2, 0.25) is 4.34 Å². The maximum atomic E-state index is 12.4. The zero-order chi connectivity index (χ0) is 15.6. The summed E-state index contributed by atoms with van der Waals surface area (Å²) in [5.41, 5.74) is -0.517. The van der Waals surface area contributed by atoms with Crippen molar-refractivity contribution in [2.24, 2.45) is 0 Å². The number of likely N-dealkylation sites (N-methyl/N-ethyl adjacent to an activating group) is 1. The maximum Gasteiger partial charge on any atom is 0.273 e. The maximum absolute atomic E-state index is 12.4. The van der Waals surface area contributed by atoms with Crippen LogP contribution in [0.3, 0.4) is 0 Å². The molecular weight excluding hydrogens is 328 g/mol. The van der Waals surface area contributed by atoms with Crippen molar-refractivity contribution < 1.29 is 9.90 Å². The lowest BCUT2D eigenvalue weighted by Gasteiger charge is -2.27. The molecule has 0 bridgehead atoms. The summed E-state index contributed by atoms with van der Waals surface area (Å²) in [5.74, 6) is -0.162. The first kappa shape index (κ1) is 16.4. The Kier molecular flexibility index (Phi) is 5.03. The number of aliphatic hydroxyl groups is 1. The van der Waals surface area contributed by atoms with E-state index in [4.69, 9.17) is 11.6 Å². The molecule has 2 aromatic heterocycles. The van der Waals surface area contributed by atoms with Crippen LogP contribution in [-0.4, -0.2) is 39.6 Å². The lowest BCUT2D eigenvalue weighted by atomic mass is 10.1. The molecule has 0 unspecified atom stereocenters. The van der Waals surface area contributed by atoms with Crippen molar-refractivity contribution in [2.45, 2.75) is 26.4 Å². The molecule has 2 aromatic rings. The second-order valence-electron chi connectivity index (χ2n) is 5.27. The van der Waals surface area contributed by atoms with Crippen LogP contribution in [0.1, 0.15) is 31.3 Å². The minimum Gasteiger partial charge on any atom is -0.389 e. The van der Waals surface area contributed by atoms with Crippen molar-refractivity contribution in [3.8, 4) is 9.88 Å². The Balaban J connectivity index is 2.18. The van der Waals surface area contributed by atoms with Crippen LogP contribution >= 0.6 is 34.3 Å². The molecule has 0 aromatic carbocycles. The summed E-state index contributed by atoms with van der Waals surface area (Å²) >= 11 is 8.78. The van der Waals surface area contributed by atoms with Gasteiger partial charge in [-0.15, -0.1) is 22.7 Å². The van der Waals surface area contributed by atoms with E-state index in [0.717, 1.165) is 9.88 Å². The number of thiazole rings is 1. The lowest BCUT2D eigenvalue weighted by molar-refractivity contribution is 0.0312. The van der Waals surface area contributed by atoms with Gasteiger partial charge < -0.3 is 10.0 Å². The van der Waals surface area contributed by atoms with Crippen molar-refractivity contribution in [1.82, 2.24) is 9.88 Å². The quantitative estimate of drug-likeness (QED) is 0.898. The van der Waals surface area contributed by atoms with Gasteiger partial charge in [-0.3, -0.25) is 4.79 Å². The number of carbonyl (C=O) groups excluding carboxylic acids is 1. The largest absolute Gasteiger partial charge is 0.389 e. The highest BCUT2D eigenvalue weighted by Gasteiger charge is 2.24. The van der Waals surface area contributed by atoms with Crippen LogP contribution < -0.4 is 0 Å². The van der Waals surface area contributed by atoms with Gasteiger partial charge in [-0.05, 0) is 32.9 Å². The molecular formula is C14H17ClN2O2S2. The predicted octanol–water partition coefficient (Wildman–Crippen LogP) is 3.76. The van der Waals surface area contributed by atoms with Crippen LogP contribution in [0.25, 0.3) is 9.88 Å². The van der Waals surface area contributed by atoms with E-state index in [1.807, 2.05) is 19.1 Å². The van der Waals surface area contributed by atoms with Gasteiger partial charge in [0.15, 0.2) is 0 Å². The SMILES string of the molecule is CCN(CC(C)(C)O)C(=O)c1csc(-c2ccc(Cl)s2)n1. The Hall–Kier alpha value is -0.950. The van der Waals surface area contributed by atoms with E-state index in [9.17, 15) is 9.90 Å². The third-order valence-corrected chi connectivity index (χ3v) is 5.00. The third kappa shape index (κ3) is 4.26. The van der Waals surface area contributed by atoms with E-state index in [1.54, 1.807) is 24.1 Å². The van der Waals surface area contributed by atoms with Gasteiger partial charge in [-0.25, -0.2) is 4.98 Å². The van der Waals surface area contributed by atoms with E-state index in [1.165, 1.54) is 22.7 Å². The number of rotatable bonds is 5. The van der Waals surface area contributed by atoms with Crippen LogP contribution in [0, 0.1) is 0 Å². The molecule has 2 heterocycles. The van der Waals surface area contributed by atoms with Gasteiger partial charge in [0.05, 0.1) is 14.8 Å². The molecule has 0 aliphatic rings. The molecule has 21 heavy (non-hydrogen) atoms. The van der Waals surface area contributed by atoms with E-state index in [0.29, 0.717) is 16.6 Å². The van der Waals surface area contributed by atoms with Crippen LogP contribution in [0.15, 0.2) is 17.5 Å². The van der Waals surface area contributed by atoms with Crippen molar-refractivity contribution in [2.75, 3.05) is 13.1 Å². The molecule has 0 aliphatic carbocycles. The monoisotopic (exact) mass is 344 g/mol. The van der Waals surface area contributed by atoms with Gasteiger partial charge in [0, 0.05) is 18.5 Å². The molecule has 7 heteroatoms. The Bertz CT molecular complexity index is 631. The van der Waals surface area contributed by atoms with E-state index < -0.39 is 5.60 Å². The Labute approximate surface area is 137 Å². The van der Waals surface area contributed by atoms with Crippen molar-refractivity contribution in [1.29, 1.82) is 0 Å². The number of carbonyl (C=O) groups is 1. The fourth-order valence-electron chi connectivity index (χ4n) is 1.87. The zero-order valence-corrected chi connectivity index (χ0v) is 14.5. The van der Waals surface area contributed by atoms with Gasteiger partial charge in [0.2, 0.25) is 0 Å². The van der Waals surface area contributed by atoms with Gasteiger partial charge in [0.1, 0.15) is 10.7 Å². The highest BCUT2D eigenvalue weighted by atomic mass is 35.5. The van der Waals surface area contributed by atoms with Crippen LogP contribution in [0.4, 0.5) is 0 Å². The minimum atomic E-state index is -0.925. The molecule has 0 atom stereocenters. The summed E-state index contributed by atoms with van der Waals surface area (Å²) < 4.78 is 0.699. The number of hydrogen-bond donors (Lipinski definition) is 1. The lowest BCUT2D eigenvalue weighted by Crippen LogP contribution is -2.42. The van der Waals surface area contributed by atoms with Gasteiger partial charge in [-0.2, -0.15) is 0 Å². The first-order chi connectivity index (χ1) is 9.80. The van der Waals surface area contributed by atoms with Gasteiger partial charge >= 0.3 is 0 Å². The summed E-state index contributed by atoms with van der Waals surface area (Å²) in [6.45, 7) is 6.06. The van der Waals surface area contributed by atoms with Crippen molar-refractivity contribution in [3.05, 3.63) is 27.5 Å². The van der Waals surface area contributed by atoms with Crippen molar-refractivity contribution >= 4 is 40.2 Å². The number of nitrogens with zero attached hydrogens (tertiary/aromatic N) is 2. The van der Waals surface area contributed by atoms with Gasteiger partial charge in [0.25, 0.3) is 5.91 Å². The van der Waals surface area contributed by atoms with Crippen molar-refractivity contribution in [3.63, 3.8) is 0 Å². The Morgan fingerprint density at radius 1 is 1.48 bits per heavy atom. The summed E-state index contributed by atoms with van der Waals surface area (Å²) in [6.07, 6.45) is 0. The average Bonchev–Trinajstić information content (AvgIpc) is 3.02. The van der Waals surface area contributed by atoms with E-state index in [2.05, 4.69) is 4.98 Å². The van der Waals surface area contributed by atoms with Gasteiger partial charge in [-0.1, -0.05) is 11.6 Å². The summed E-state index contributed by atoms with van der Waals surface area (Å²) in [6, 6.07) is 3.71. The van der Waals surface area contributed by atoms with Crippen LogP contribution in [-0.2, 0) is 0 Å². The standard InChI is InChI=1S/C14H17ClN2O2S2/c1-4-17(8-14(2,3)19)13(18)9-7-20-12(16-9)10-5-6-11(15)21-10/h5-7,19H,4,8H2,1-3H3. The highest BCUT2D eigenvalue weighted by molar-refractivity contribution is 7.23. The number of amides is 1. The average molecular weight is 345 g/mol.